The lowest BCUT2D eigenvalue weighted by Crippen LogP contribution is -2.39. The maximum absolute atomic E-state index is 10.2. The SMILES string of the molecule is CCCOc1nc(N)c2c(n1)CN(c1cc(O)cc3ccccc13)C(C)C2. The summed E-state index contributed by atoms with van der Waals surface area (Å²) in [5.41, 5.74) is 9.06. The quantitative estimate of drug-likeness (QED) is 0.735. The van der Waals surface area contributed by atoms with E-state index in [9.17, 15) is 5.11 Å². The van der Waals surface area contributed by atoms with Crippen molar-refractivity contribution in [1.29, 1.82) is 0 Å². The lowest BCUT2D eigenvalue weighted by molar-refractivity contribution is 0.291. The van der Waals surface area contributed by atoms with E-state index in [1.54, 1.807) is 6.07 Å². The second kappa shape index (κ2) is 6.95. The molecule has 0 bridgehead atoms. The molecule has 0 radical (unpaired) electrons. The molecule has 0 aliphatic carbocycles. The van der Waals surface area contributed by atoms with Crippen LogP contribution in [0.2, 0.25) is 0 Å². The van der Waals surface area contributed by atoms with Crippen LogP contribution in [0.4, 0.5) is 11.5 Å². The number of fused-ring (bicyclic) bond motifs is 2. The van der Waals surface area contributed by atoms with Gasteiger partial charge in [-0.2, -0.15) is 9.97 Å². The minimum absolute atomic E-state index is 0.205. The molecule has 1 unspecified atom stereocenters. The molecule has 27 heavy (non-hydrogen) atoms. The summed E-state index contributed by atoms with van der Waals surface area (Å²) in [6.45, 7) is 5.36. The summed E-state index contributed by atoms with van der Waals surface area (Å²) in [7, 11) is 0. The Morgan fingerprint density at radius 3 is 2.89 bits per heavy atom. The van der Waals surface area contributed by atoms with Crippen LogP contribution < -0.4 is 15.4 Å². The van der Waals surface area contributed by atoms with Crippen molar-refractivity contribution in [1.82, 2.24) is 9.97 Å². The fraction of sp³-hybridized carbons (Fsp3) is 0.333. The molecule has 6 nitrogen and oxygen atoms in total. The molecule has 140 valence electrons. The van der Waals surface area contributed by atoms with Crippen molar-refractivity contribution in [2.24, 2.45) is 0 Å². The van der Waals surface area contributed by atoms with Gasteiger partial charge in [0.05, 0.1) is 18.8 Å². The Morgan fingerprint density at radius 2 is 2.07 bits per heavy atom. The first kappa shape index (κ1) is 17.4. The number of anilines is 2. The van der Waals surface area contributed by atoms with Gasteiger partial charge >= 0.3 is 6.01 Å². The number of hydrogen-bond donors (Lipinski definition) is 2. The lowest BCUT2D eigenvalue weighted by Gasteiger charge is -2.37. The fourth-order valence-corrected chi connectivity index (χ4v) is 3.70. The Balaban J connectivity index is 1.76. The second-order valence-electron chi connectivity index (χ2n) is 7.03. The van der Waals surface area contributed by atoms with E-state index in [2.05, 4.69) is 27.9 Å². The number of nitrogen functional groups attached to an aromatic ring is 1. The summed E-state index contributed by atoms with van der Waals surface area (Å²) in [4.78, 5) is 11.2. The van der Waals surface area contributed by atoms with Crippen LogP contribution in [0.5, 0.6) is 11.8 Å². The third-order valence-corrected chi connectivity index (χ3v) is 5.03. The van der Waals surface area contributed by atoms with Crippen LogP contribution >= 0.6 is 0 Å². The van der Waals surface area contributed by atoms with Crippen LogP contribution in [0, 0.1) is 0 Å². The molecule has 1 aliphatic heterocycles. The van der Waals surface area contributed by atoms with Gasteiger partial charge in [-0.1, -0.05) is 31.2 Å². The second-order valence-corrected chi connectivity index (χ2v) is 7.03. The normalized spacial score (nSPS) is 16.4. The minimum atomic E-state index is 0.205. The molecule has 4 rings (SSSR count). The van der Waals surface area contributed by atoms with Gasteiger partial charge in [0, 0.05) is 28.7 Å². The minimum Gasteiger partial charge on any atom is -0.508 e. The maximum atomic E-state index is 10.2. The van der Waals surface area contributed by atoms with Gasteiger partial charge < -0.3 is 20.5 Å². The first-order valence-electron chi connectivity index (χ1n) is 9.33. The van der Waals surface area contributed by atoms with Gasteiger partial charge in [0.15, 0.2) is 0 Å². The third-order valence-electron chi connectivity index (χ3n) is 5.03. The molecule has 0 saturated heterocycles. The van der Waals surface area contributed by atoms with Crippen LogP contribution in [-0.4, -0.2) is 27.7 Å². The average Bonchev–Trinajstić information content (AvgIpc) is 2.66. The molecule has 0 amide bonds. The van der Waals surface area contributed by atoms with Crippen molar-refractivity contribution < 1.29 is 9.84 Å². The number of nitrogens with zero attached hydrogens (tertiary/aromatic N) is 3. The number of phenols is 1. The van der Waals surface area contributed by atoms with Crippen molar-refractivity contribution in [3.05, 3.63) is 47.7 Å². The first-order chi connectivity index (χ1) is 13.1. The van der Waals surface area contributed by atoms with Crippen LogP contribution in [0.25, 0.3) is 10.8 Å². The highest BCUT2D eigenvalue weighted by molar-refractivity contribution is 5.95. The number of nitrogens with two attached hydrogens (primary N) is 1. The molecule has 1 atom stereocenters. The Hall–Kier alpha value is -3.02. The van der Waals surface area contributed by atoms with Gasteiger partial charge in [-0.3, -0.25) is 0 Å². The van der Waals surface area contributed by atoms with E-state index in [0.717, 1.165) is 40.6 Å². The molecule has 3 N–H and O–H groups in total. The zero-order valence-corrected chi connectivity index (χ0v) is 15.6. The molecule has 1 aliphatic rings. The zero-order chi connectivity index (χ0) is 19.0. The summed E-state index contributed by atoms with van der Waals surface area (Å²) in [5.74, 6) is 0.759. The highest BCUT2D eigenvalue weighted by atomic mass is 16.5. The van der Waals surface area contributed by atoms with E-state index in [-0.39, 0.29) is 11.8 Å². The Morgan fingerprint density at radius 1 is 1.26 bits per heavy atom. The molecule has 1 aromatic heterocycles. The first-order valence-corrected chi connectivity index (χ1v) is 9.33. The standard InChI is InChI=1S/C21H24N4O2/c1-3-8-27-21-23-18-12-25(13(2)9-17(18)20(22)24-21)19-11-15(26)10-14-6-4-5-7-16(14)19/h4-7,10-11,13,26H,3,8-9,12H2,1-2H3,(H2,22,23,24). The number of aromatic hydroxyl groups is 1. The zero-order valence-electron chi connectivity index (χ0n) is 15.6. The van der Waals surface area contributed by atoms with E-state index >= 15 is 0 Å². The van der Waals surface area contributed by atoms with Gasteiger partial charge in [-0.15, -0.1) is 0 Å². The summed E-state index contributed by atoms with van der Waals surface area (Å²) in [5, 5.41) is 12.3. The maximum Gasteiger partial charge on any atom is 0.318 e. The van der Waals surface area contributed by atoms with Gasteiger partial charge in [-0.25, -0.2) is 0 Å². The summed E-state index contributed by atoms with van der Waals surface area (Å²) < 4.78 is 5.60. The van der Waals surface area contributed by atoms with Crippen molar-refractivity contribution in [2.75, 3.05) is 17.2 Å². The highest BCUT2D eigenvalue weighted by Crippen LogP contribution is 2.37. The van der Waals surface area contributed by atoms with Gasteiger partial charge in [0.1, 0.15) is 11.6 Å². The van der Waals surface area contributed by atoms with Gasteiger partial charge in [0.2, 0.25) is 0 Å². The van der Waals surface area contributed by atoms with E-state index < -0.39 is 0 Å². The Labute approximate surface area is 158 Å². The van der Waals surface area contributed by atoms with Crippen molar-refractivity contribution in [2.45, 2.75) is 39.3 Å². The number of rotatable bonds is 4. The molecular formula is C21H24N4O2. The molecule has 2 heterocycles. The predicted octanol–water partition coefficient (Wildman–Crippen LogP) is 3.66. The van der Waals surface area contributed by atoms with Crippen molar-refractivity contribution in [3.63, 3.8) is 0 Å². The van der Waals surface area contributed by atoms with Gasteiger partial charge in [-0.05, 0) is 31.2 Å². The van der Waals surface area contributed by atoms with E-state index in [1.807, 2.05) is 31.2 Å². The molecule has 3 aromatic rings. The number of aromatic nitrogens is 2. The monoisotopic (exact) mass is 364 g/mol. The van der Waals surface area contributed by atoms with Crippen LogP contribution in [-0.2, 0) is 13.0 Å². The van der Waals surface area contributed by atoms with Crippen molar-refractivity contribution >= 4 is 22.3 Å². The largest absolute Gasteiger partial charge is 0.508 e. The highest BCUT2D eigenvalue weighted by Gasteiger charge is 2.28. The summed E-state index contributed by atoms with van der Waals surface area (Å²) >= 11 is 0. The van der Waals surface area contributed by atoms with Crippen LogP contribution in [0.15, 0.2) is 36.4 Å². The molecular weight excluding hydrogens is 340 g/mol. The van der Waals surface area contributed by atoms with Crippen molar-refractivity contribution in [3.8, 4) is 11.8 Å². The van der Waals surface area contributed by atoms with E-state index in [4.69, 9.17) is 10.5 Å². The number of ether oxygens (including phenoxy) is 1. The van der Waals surface area contributed by atoms with E-state index in [0.29, 0.717) is 25.0 Å². The van der Waals surface area contributed by atoms with Crippen LogP contribution in [0.3, 0.4) is 0 Å². The Bertz CT molecular complexity index is 989. The molecule has 0 spiro atoms. The molecule has 0 saturated carbocycles. The molecule has 0 fully saturated rings. The van der Waals surface area contributed by atoms with Crippen LogP contribution in [0.1, 0.15) is 31.5 Å². The summed E-state index contributed by atoms with van der Waals surface area (Å²) in [6, 6.07) is 12.2. The fourth-order valence-electron chi connectivity index (χ4n) is 3.70. The average molecular weight is 364 g/mol. The Kier molecular flexibility index (Phi) is 4.48. The number of phenolic OH excluding ortho intramolecular Hbond substituents is 1. The lowest BCUT2D eigenvalue weighted by atomic mass is 9.97. The number of benzene rings is 2. The van der Waals surface area contributed by atoms with E-state index in [1.165, 1.54) is 0 Å². The third kappa shape index (κ3) is 3.23. The topological polar surface area (TPSA) is 84.5 Å². The van der Waals surface area contributed by atoms with Gasteiger partial charge in [0.25, 0.3) is 0 Å². The smallest absolute Gasteiger partial charge is 0.318 e. The number of hydrogen-bond acceptors (Lipinski definition) is 6. The summed E-state index contributed by atoms with van der Waals surface area (Å²) in [6.07, 6.45) is 1.64. The molecule has 2 aromatic carbocycles. The predicted molar refractivity (Wildman–Crippen MR) is 107 cm³/mol. The molecule has 6 heteroatoms.